The number of aliphatic hydroxyl groups excluding tert-OH is 1. The van der Waals surface area contributed by atoms with Crippen LogP contribution in [-0.2, 0) is 4.74 Å². The lowest BCUT2D eigenvalue weighted by Gasteiger charge is -2.10. The van der Waals surface area contributed by atoms with E-state index in [1.165, 1.54) is 0 Å². The molecular weight excluding hydrogens is 128 g/mol. The van der Waals surface area contributed by atoms with E-state index < -0.39 is 0 Å². The highest BCUT2D eigenvalue weighted by Crippen LogP contribution is 2.25. The Hall–Kier alpha value is -0.0800. The molecule has 0 spiro atoms. The highest BCUT2D eigenvalue weighted by atomic mass is 16.5. The molecule has 10 heavy (non-hydrogen) atoms. The van der Waals surface area contributed by atoms with E-state index in [1.54, 1.807) is 0 Å². The molecule has 60 valence electrons. The first-order chi connectivity index (χ1) is 4.74. The van der Waals surface area contributed by atoms with Crippen LogP contribution in [0.15, 0.2) is 0 Å². The van der Waals surface area contributed by atoms with Gasteiger partial charge in [0.15, 0.2) is 0 Å². The normalized spacial score (nSPS) is 33.6. The monoisotopic (exact) mass is 144 g/mol. The Morgan fingerprint density at radius 1 is 1.60 bits per heavy atom. The van der Waals surface area contributed by atoms with Crippen molar-refractivity contribution in [2.45, 2.75) is 26.4 Å². The third-order valence-corrected chi connectivity index (χ3v) is 2.26. The first-order valence-corrected chi connectivity index (χ1v) is 3.96. The van der Waals surface area contributed by atoms with E-state index in [1.807, 2.05) is 0 Å². The molecule has 1 aliphatic rings. The van der Waals surface area contributed by atoms with Gasteiger partial charge in [-0.3, -0.25) is 0 Å². The Balaban J connectivity index is 2.28. The third kappa shape index (κ3) is 1.70. The standard InChI is InChI=1S/C8H16O2/c1-6(2)7-3-8(4-9)10-5-7/h6-9H,3-5H2,1-2H3/t7-,8+/m0/s1. The van der Waals surface area contributed by atoms with Crippen molar-refractivity contribution >= 4 is 0 Å². The number of aliphatic hydroxyl groups is 1. The van der Waals surface area contributed by atoms with Crippen LogP contribution in [0, 0.1) is 11.8 Å². The fourth-order valence-corrected chi connectivity index (χ4v) is 1.33. The third-order valence-electron chi connectivity index (χ3n) is 2.26. The zero-order chi connectivity index (χ0) is 7.56. The maximum Gasteiger partial charge on any atom is 0.0809 e. The van der Waals surface area contributed by atoms with Gasteiger partial charge in [-0.2, -0.15) is 0 Å². The zero-order valence-electron chi connectivity index (χ0n) is 6.71. The minimum atomic E-state index is 0.118. The molecule has 0 aliphatic carbocycles. The topological polar surface area (TPSA) is 29.5 Å². The Labute approximate surface area is 62.2 Å². The second-order valence-corrected chi connectivity index (χ2v) is 3.38. The maximum absolute atomic E-state index is 8.74. The lowest BCUT2D eigenvalue weighted by Crippen LogP contribution is -2.11. The highest BCUT2D eigenvalue weighted by molar-refractivity contribution is 4.74. The molecule has 1 N–H and O–H groups in total. The van der Waals surface area contributed by atoms with E-state index in [9.17, 15) is 0 Å². The molecule has 0 aromatic rings. The molecule has 0 saturated carbocycles. The predicted molar refractivity (Wildman–Crippen MR) is 39.8 cm³/mol. The summed E-state index contributed by atoms with van der Waals surface area (Å²) in [6.45, 7) is 5.42. The van der Waals surface area contributed by atoms with Crippen molar-refractivity contribution in [2.75, 3.05) is 13.2 Å². The molecule has 0 bridgehead atoms. The largest absolute Gasteiger partial charge is 0.394 e. The van der Waals surface area contributed by atoms with Crippen molar-refractivity contribution in [3.63, 3.8) is 0 Å². The molecule has 0 radical (unpaired) electrons. The Kier molecular flexibility index (Phi) is 2.69. The summed E-state index contributed by atoms with van der Waals surface area (Å²) in [7, 11) is 0. The smallest absolute Gasteiger partial charge is 0.0809 e. The van der Waals surface area contributed by atoms with Crippen LogP contribution in [-0.4, -0.2) is 24.4 Å². The number of hydrogen-bond donors (Lipinski definition) is 1. The summed E-state index contributed by atoms with van der Waals surface area (Å²) in [5, 5.41) is 8.74. The van der Waals surface area contributed by atoms with Crippen molar-refractivity contribution in [1.82, 2.24) is 0 Å². The first kappa shape index (κ1) is 8.02. The zero-order valence-corrected chi connectivity index (χ0v) is 6.71. The average molecular weight is 144 g/mol. The SMILES string of the molecule is CC(C)[C@@H]1CO[C@@H](CO)C1. The van der Waals surface area contributed by atoms with Crippen molar-refractivity contribution in [2.24, 2.45) is 11.8 Å². The summed E-state index contributed by atoms with van der Waals surface area (Å²) < 4.78 is 5.33. The average Bonchev–Trinajstić information content (AvgIpc) is 2.34. The van der Waals surface area contributed by atoms with Crippen LogP contribution in [0.25, 0.3) is 0 Å². The van der Waals surface area contributed by atoms with Crippen LogP contribution in [0.4, 0.5) is 0 Å². The molecule has 2 heteroatoms. The molecule has 0 amide bonds. The van der Waals surface area contributed by atoms with E-state index in [2.05, 4.69) is 13.8 Å². The fraction of sp³-hybridized carbons (Fsp3) is 1.00. The summed E-state index contributed by atoms with van der Waals surface area (Å²) in [6, 6.07) is 0. The van der Waals surface area contributed by atoms with E-state index in [4.69, 9.17) is 9.84 Å². The van der Waals surface area contributed by atoms with Crippen molar-refractivity contribution in [3.8, 4) is 0 Å². The van der Waals surface area contributed by atoms with E-state index in [-0.39, 0.29) is 12.7 Å². The Bertz CT molecular complexity index is 101. The van der Waals surface area contributed by atoms with Gasteiger partial charge in [0.25, 0.3) is 0 Å². The summed E-state index contributed by atoms with van der Waals surface area (Å²) >= 11 is 0. The molecule has 2 atom stereocenters. The minimum Gasteiger partial charge on any atom is -0.394 e. The van der Waals surface area contributed by atoms with Gasteiger partial charge in [-0.05, 0) is 18.3 Å². The van der Waals surface area contributed by atoms with Gasteiger partial charge >= 0.3 is 0 Å². The van der Waals surface area contributed by atoms with E-state index in [0.717, 1.165) is 13.0 Å². The number of rotatable bonds is 2. The second-order valence-electron chi connectivity index (χ2n) is 3.38. The van der Waals surface area contributed by atoms with Crippen LogP contribution in [0.2, 0.25) is 0 Å². The van der Waals surface area contributed by atoms with Gasteiger partial charge in [-0.15, -0.1) is 0 Å². The number of hydrogen-bond acceptors (Lipinski definition) is 2. The van der Waals surface area contributed by atoms with Crippen molar-refractivity contribution < 1.29 is 9.84 Å². The molecule has 0 aromatic carbocycles. The lowest BCUT2D eigenvalue weighted by molar-refractivity contribution is 0.0563. The van der Waals surface area contributed by atoms with Gasteiger partial charge in [-0.1, -0.05) is 13.8 Å². The number of ether oxygens (including phenoxy) is 1. The summed E-state index contributed by atoms with van der Waals surface area (Å²) in [5.41, 5.74) is 0. The maximum atomic E-state index is 8.74. The second kappa shape index (κ2) is 3.35. The van der Waals surface area contributed by atoms with Crippen molar-refractivity contribution in [1.29, 1.82) is 0 Å². The molecule has 1 rings (SSSR count). The molecule has 0 aromatic heterocycles. The van der Waals surface area contributed by atoms with Crippen LogP contribution in [0.1, 0.15) is 20.3 Å². The molecule has 1 heterocycles. The van der Waals surface area contributed by atoms with Gasteiger partial charge < -0.3 is 9.84 Å². The predicted octanol–water partition coefficient (Wildman–Crippen LogP) is 1.04. The molecule has 2 nitrogen and oxygen atoms in total. The molecular formula is C8H16O2. The van der Waals surface area contributed by atoms with Crippen LogP contribution >= 0.6 is 0 Å². The quantitative estimate of drug-likeness (QED) is 0.627. The van der Waals surface area contributed by atoms with Gasteiger partial charge in [-0.25, -0.2) is 0 Å². The van der Waals surface area contributed by atoms with Crippen LogP contribution in [0.5, 0.6) is 0 Å². The molecule has 1 fully saturated rings. The van der Waals surface area contributed by atoms with Crippen molar-refractivity contribution in [3.05, 3.63) is 0 Å². The van der Waals surface area contributed by atoms with Gasteiger partial charge in [0.05, 0.1) is 19.3 Å². The molecule has 1 saturated heterocycles. The molecule has 1 aliphatic heterocycles. The van der Waals surface area contributed by atoms with Gasteiger partial charge in [0.1, 0.15) is 0 Å². The Morgan fingerprint density at radius 3 is 2.60 bits per heavy atom. The lowest BCUT2D eigenvalue weighted by atomic mass is 9.94. The summed E-state index contributed by atoms with van der Waals surface area (Å²) in [5.74, 6) is 1.36. The Morgan fingerprint density at radius 2 is 2.30 bits per heavy atom. The first-order valence-electron chi connectivity index (χ1n) is 3.96. The van der Waals surface area contributed by atoms with E-state index in [0.29, 0.717) is 11.8 Å². The van der Waals surface area contributed by atoms with Crippen LogP contribution < -0.4 is 0 Å². The fourth-order valence-electron chi connectivity index (χ4n) is 1.33. The van der Waals surface area contributed by atoms with Crippen LogP contribution in [0.3, 0.4) is 0 Å². The molecule has 0 unspecified atom stereocenters. The van der Waals surface area contributed by atoms with Gasteiger partial charge in [0, 0.05) is 0 Å². The minimum absolute atomic E-state index is 0.118. The van der Waals surface area contributed by atoms with E-state index >= 15 is 0 Å². The summed E-state index contributed by atoms with van der Waals surface area (Å²) in [6.07, 6.45) is 1.15. The van der Waals surface area contributed by atoms with Gasteiger partial charge in [0.2, 0.25) is 0 Å². The highest BCUT2D eigenvalue weighted by Gasteiger charge is 2.26. The summed E-state index contributed by atoms with van der Waals surface area (Å²) in [4.78, 5) is 0.